The van der Waals surface area contributed by atoms with Gasteiger partial charge in [0, 0.05) is 11.8 Å². The third-order valence-electron chi connectivity index (χ3n) is 4.26. The highest BCUT2D eigenvalue weighted by molar-refractivity contribution is 5.70. The third-order valence-corrected chi connectivity index (χ3v) is 4.26. The highest BCUT2D eigenvalue weighted by atomic mass is 16.7. The van der Waals surface area contributed by atoms with Gasteiger partial charge in [-0.25, -0.2) is 0 Å². The van der Waals surface area contributed by atoms with Crippen molar-refractivity contribution in [3.05, 3.63) is 35.9 Å². The molecule has 20 heavy (non-hydrogen) atoms. The molecule has 0 radical (unpaired) electrons. The molecule has 2 aliphatic rings. The van der Waals surface area contributed by atoms with Crippen molar-refractivity contribution in [1.29, 1.82) is 0 Å². The molecule has 5 atom stereocenters. The maximum absolute atomic E-state index is 11.5. The van der Waals surface area contributed by atoms with Gasteiger partial charge < -0.3 is 14.2 Å². The predicted molar refractivity (Wildman–Crippen MR) is 72.7 cm³/mol. The Bertz CT molecular complexity index is 453. The number of fused-ring (bicyclic) bond motifs is 2. The Morgan fingerprint density at radius 1 is 1.20 bits per heavy atom. The number of hydrogen-bond donors (Lipinski definition) is 0. The molecule has 3 rings (SSSR count). The summed E-state index contributed by atoms with van der Waals surface area (Å²) in [6.07, 6.45) is -0.168. The van der Waals surface area contributed by atoms with Crippen molar-refractivity contribution in [3.63, 3.8) is 0 Å². The van der Waals surface area contributed by atoms with Gasteiger partial charge in [-0.1, -0.05) is 44.2 Å². The quantitative estimate of drug-likeness (QED) is 0.796. The summed E-state index contributed by atoms with van der Waals surface area (Å²) in [6.45, 7) is 4.69. The zero-order valence-electron chi connectivity index (χ0n) is 11.8. The summed E-state index contributed by atoms with van der Waals surface area (Å²) < 4.78 is 17.1. The molecular formula is C16H20O4. The summed E-state index contributed by atoms with van der Waals surface area (Å²) in [5, 5.41) is 0. The minimum absolute atomic E-state index is 0.0482. The van der Waals surface area contributed by atoms with Gasteiger partial charge >= 0.3 is 5.97 Å². The minimum atomic E-state index is -0.460. The Kier molecular flexibility index (Phi) is 3.76. The standard InChI is InChI=1S/C16H20O4/c1-10-13-8-14(17)20-16(19-13)11(2)15(10)18-9-12-6-4-3-5-7-12/h3-7,10-11,13,15-16H,8-9H2,1-2H3/t10-,11+,13-,15-,16-/m0/s1. The largest absolute Gasteiger partial charge is 0.435 e. The number of benzene rings is 1. The monoisotopic (exact) mass is 276 g/mol. The molecule has 4 nitrogen and oxygen atoms in total. The van der Waals surface area contributed by atoms with Gasteiger partial charge in [0.2, 0.25) is 6.29 Å². The van der Waals surface area contributed by atoms with Crippen LogP contribution in [0.4, 0.5) is 0 Å². The smallest absolute Gasteiger partial charge is 0.310 e. The first-order valence-corrected chi connectivity index (χ1v) is 7.15. The Hall–Kier alpha value is -1.39. The van der Waals surface area contributed by atoms with E-state index in [9.17, 15) is 4.79 Å². The molecule has 1 aromatic rings. The van der Waals surface area contributed by atoms with Crippen molar-refractivity contribution >= 4 is 5.97 Å². The first kappa shape index (κ1) is 13.6. The number of ether oxygens (including phenoxy) is 3. The van der Waals surface area contributed by atoms with Crippen LogP contribution in [0.5, 0.6) is 0 Å². The predicted octanol–water partition coefficient (Wildman–Crippen LogP) is 2.52. The summed E-state index contributed by atoms with van der Waals surface area (Å²) in [4.78, 5) is 11.5. The number of hydrogen-bond acceptors (Lipinski definition) is 4. The summed E-state index contributed by atoms with van der Waals surface area (Å²) in [5.41, 5.74) is 1.15. The molecule has 2 bridgehead atoms. The topological polar surface area (TPSA) is 44.8 Å². The van der Waals surface area contributed by atoms with Gasteiger partial charge in [0.25, 0.3) is 0 Å². The fourth-order valence-electron chi connectivity index (χ4n) is 3.05. The van der Waals surface area contributed by atoms with Gasteiger partial charge in [0.05, 0.1) is 25.2 Å². The average Bonchev–Trinajstić information content (AvgIpc) is 2.46. The summed E-state index contributed by atoms with van der Waals surface area (Å²) in [5.74, 6) is 0.0819. The summed E-state index contributed by atoms with van der Waals surface area (Å²) in [7, 11) is 0. The van der Waals surface area contributed by atoms with E-state index in [1.807, 2.05) is 25.1 Å². The van der Waals surface area contributed by atoms with E-state index in [1.165, 1.54) is 0 Å². The second kappa shape index (κ2) is 5.54. The van der Waals surface area contributed by atoms with E-state index in [1.54, 1.807) is 0 Å². The first-order valence-electron chi connectivity index (χ1n) is 7.15. The van der Waals surface area contributed by atoms with Crippen LogP contribution in [0.15, 0.2) is 30.3 Å². The van der Waals surface area contributed by atoms with E-state index in [0.717, 1.165) is 5.56 Å². The van der Waals surface area contributed by atoms with Gasteiger partial charge in [-0.2, -0.15) is 0 Å². The lowest BCUT2D eigenvalue weighted by molar-refractivity contribution is -0.285. The maximum atomic E-state index is 11.5. The number of carbonyl (C=O) groups excluding carboxylic acids is 1. The van der Waals surface area contributed by atoms with Gasteiger partial charge in [-0.05, 0) is 5.56 Å². The molecule has 108 valence electrons. The van der Waals surface area contributed by atoms with Crippen LogP contribution in [0.2, 0.25) is 0 Å². The molecule has 0 aromatic heterocycles. The molecule has 2 saturated heterocycles. The van der Waals surface area contributed by atoms with Crippen LogP contribution in [0, 0.1) is 11.8 Å². The van der Waals surface area contributed by atoms with Crippen LogP contribution in [-0.2, 0) is 25.6 Å². The minimum Gasteiger partial charge on any atom is -0.435 e. The van der Waals surface area contributed by atoms with Crippen LogP contribution < -0.4 is 0 Å². The maximum Gasteiger partial charge on any atom is 0.310 e. The number of esters is 1. The molecule has 0 spiro atoms. The SMILES string of the molecule is C[C@@H]1[C@H](OCc2ccccc2)[C@@H](C)[C@@H]2OC(=O)C[C@@H]1O2. The van der Waals surface area contributed by atoms with Crippen molar-refractivity contribution in [3.8, 4) is 0 Å². The van der Waals surface area contributed by atoms with Gasteiger partial charge in [-0.3, -0.25) is 4.79 Å². The van der Waals surface area contributed by atoms with Gasteiger partial charge in [-0.15, -0.1) is 0 Å². The van der Waals surface area contributed by atoms with E-state index in [-0.39, 0.29) is 30.0 Å². The summed E-state index contributed by atoms with van der Waals surface area (Å²) >= 11 is 0. The Morgan fingerprint density at radius 2 is 1.95 bits per heavy atom. The van der Waals surface area contributed by atoms with Crippen LogP contribution in [-0.4, -0.2) is 24.5 Å². The Labute approximate surface area is 119 Å². The van der Waals surface area contributed by atoms with Gasteiger partial charge in [0.1, 0.15) is 0 Å². The second-order valence-electron chi connectivity index (χ2n) is 5.72. The van der Waals surface area contributed by atoms with Crippen LogP contribution in [0.1, 0.15) is 25.8 Å². The van der Waals surface area contributed by atoms with Crippen molar-refractivity contribution in [2.24, 2.45) is 11.8 Å². The van der Waals surface area contributed by atoms with Crippen LogP contribution in [0.25, 0.3) is 0 Å². The van der Waals surface area contributed by atoms with Crippen molar-refractivity contribution < 1.29 is 19.0 Å². The molecule has 1 aromatic carbocycles. The Morgan fingerprint density at radius 3 is 2.70 bits per heavy atom. The molecule has 4 heteroatoms. The van der Waals surface area contributed by atoms with E-state index >= 15 is 0 Å². The van der Waals surface area contributed by atoms with Crippen LogP contribution in [0.3, 0.4) is 0 Å². The average molecular weight is 276 g/mol. The van der Waals surface area contributed by atoms with Crippen LogP contribution >= 0.6 is 0 Å². The lowest BCUT2D eigenvalue weighted by Crippen LogP contribution is -2.55. The Balaban J connectivity index is 1.68. The molecule has 0 saturated carbocycles. The molecule has 0 N–H and O–H groups in total. The fraction of sp³-hybridized carbons (Fsp3) is 0.562. The second-order valence-corrected chi connectivity index (χ2v) is 5.72. The molecule has 2 heterocycles. The zero-order valence-corrected chi connectivity index (χ0v) is 11.8. The molecule has 2 aliphatic heterocycles. The van der Waals surface area contributed by atoms with E-state index in [4.69, 9.17) is 14.2 Å². The highest BCUT2D eigenvalue weighted by Crippen LogP contribution is 2.37. The number of rotatable bonds is 3. The number of carbonyl (C=O) groups is 1. The van der Waals surface area contributed by atoms with E-state index in [0.29, 0.717) is 13.0 Å². The molecule has 2 fully saturated rings. The molecular weight excluding hydrogens is 256 g/mol. The molecule has 0 unspecified atom stereocenters. The normalized spacial score (nSPS) is 36.5. The van der Waals surface area contributed by atoms with E-state index in [2.05, 4.69) is 19.1 Å². The van der Waals surface area contributed by atoms with Gasteiger partial charge in [0.15, 0.2) is 0 Å². The lowest BCUT2D eigenvalue weighted by Gasteiger charge is -2.46. The first-order chi connectivity index (χ1) is 9.65. The third kappa shape index (κ3) is 2.58. The highest BCUT2D eigenvalue weighted by Gasteiger charge is 2.47. The van der Waals surface area contributed by atoms with E-state index < -0.39 is 6.29 Å². The van der Waals surface area contributed by atoms with Crippen molar-refractivity contribution in [1.82, 2.24) is 0 Å². The fourth-order valence-corrected chi connectivity index (χ4v) is 3.05. The lowest BCUT2D eigenvalue weighted by atomic mass is 9.83. The molecule has 0 aliphatic carbocycles. The molecule has 0 amide bonds. The van der Waals surface area contributed by atoms with Crippen molar-refractivity contribution in [2.75, 3.05) is 0 Å². The summed E-state index contributed by atoms with van der Waals surface area (Å²) in [6, 6.07) is 10.1. The van der Waals surface area contributed by atoms with Crippen molar-refractivity contribution in [2.45, 2.75) is 45.4 Å². The zero-order chi connectivity index (χ0) is 14.1.